The van der Waals surface area contributed by atoms with Crippen molar-refractivity contribution in [2.45, 2.75) is 45.1 Å². The maximum atomic E-state index is 6.00. The number of hydrogen-bond donors (Lipinski definition) is 2. The SMILES string of the molecule is CCC1(Nc2nccc(C)c2N)CCC1. The smallest absolute Gasteiger partial charge is 0.149 e. The fraction of sp³-hybridized carbons (Fsp3) is 0.583. The summed E-state index contributed by atoms with van der Waals surface area (Å²) < 4.78 is 0. The van der Waals surface area contributed by atoms with E-state index in [0.29, 0.717) is 0 Å². The van der Waals surface area contributed by atoms with Gasteiger partial charge in [-0.15, -0.1) is 0 Å². The highest BCUT2D eigenvalue weighted by atomic mass is 15.1. The van der Waals surface area contributed by atoms with E-state index in [1.165, 1.54) is 19.3 Å². The number of nitrogen functional groups attached to an aromatic ring is 1. The van der Waals surface area contributed by atoms with Gasteiger partial charge in [0.2, 0.25) is 0 Å². The number of nitrogens with zero attached hydrogens (tertiary/aromatic N) is 1. The number of nitrogens with one attached hydrogen (secondary N) is 1. The fourth-order valence-electron chi connectivity index (χ4n) is 2.09. The molecule has 3 heteroatoms. The second-order valence-electron chi connectivity index (χ2n) is 4.50. The molecule has 0 saturated heterocycles. The van der Waals surface area contributed by atoms with E-state index in [1.807, 2.05) is 19.2 Å². The Morgan fingerprint density at radius 2 is 2.27 bits per heavy atom. The summed E-state index contributed by atoms with van der Waals surface area (Å²) in [6.45, 7) is 4.24. The number of hydrogen-bond acceptors (Lipinski definition) is 3. The van der Waals surface area contributed by atoms with Gasteiger partial charge in [-0.25, -0.2) is 4.98 Å². The van der Waals surface area contributed by atoms with Crippen molar-refractivity contribution in [2.75, 3.05) is 11.1 Å². The zero-order valence-electron chi connectivity index (χ0n) is 9.51. The third-order valence-corrected chi connectivity index (χ3v) is 3.58. The first kappa shape index (κ1) is 10.3. The standard InChI is InChI=1S/C12H19N3/c1-3-12(6-4-7-12)15-11-10(13)9(2)5-8-14-11/h5,8H,3-4,6-7,13H2,1-2H3,(H,14,15). The predicted octanol–water partition coefficient (Wildman–Crippen LogP) is 2.72. The van der Waals surface area contributed by atoms with Gasteiger partial charge in [-0.3, -0.25) is 0 Å². The average Bonchev–Trinajstić information content (AvgIpc) is 2.18. The van der Waals surface area contributed by atoms with E-state index in [4.69, 9.17) is 5.73 Å². The van der Waals surface area contributed by atoms with Crippen LogP contribution in [0, 0.1) is 6.92 Å². The van der Waals surface area contributed by atoms with Crippen LogP contribution in [-0.4, -0.2) is 10.5 Å². The van der Waals surface area contributed by atoms with Crippen LogP contribution in [0.15, 0.2) is 12.3 Å². The lowest BCUT2D eigenvalue weighted by molar-refractivity contribution is 0.269. The predicted molar refractivity (Wildman–Crippen MR) is 63.9 cm³/mol. The molecule has 0 spiro atoms. The van der Waals surface area contributed by atoms with E-state index in [1.54, 1.807) is 0 Å². The number of nitrogens with two attached hydrogens (primary N) is 1. The minimum absolute atomic E-state index is 0.259. The van der Waals surface area contributed by atoms with E-state index in [-0.39, 0.29) is 5.54 Å². The summed E-state index contributed by atoms with van der Waals surface area (Å²) >= 11 is 0. The number of aryl methyl sites for hydroxylation is 1. The highest BCUT2D eigenvalue weighted by Crippen LogP contribution is 2.38. The number of rotatable bonds is 3. The molecule has 0 radical (unpaired) electrons. The maximum Gasteiger partial charge on any atom is 0.149 e. The quantitative estimate of drug-likeness (QED) is 0.797. The summed E-state index contributed by atoms with van der Waals surface area (Å²) in [6.07, 6.45) is 6.74. The first-order valence-corrected chi connectivity index (χ1v) is 5.66. The molecule has 82 valence electrons. The summed E-state index contributed by atoms with van der Waals surface area (Å²) in [4.78, 5) is 4.32. The Labute approximate surface area is 91.1 Å². The van der Waals surface area contributed by atoms with Gasteiger partial charge in [-0.05, 0) is 44.2 Å². The second kappa shape index (κ2) is 3.72. The number of pyridine rings is 1. The van der Waals surface area contributed by atoms with Crippen molar-refractivity contribution in [1.29, 1.82) is 0 Å². The molecule has 1 saturated carbocycles. The molecule has 0 amide bonds. The van der Waals surface area contributed by atoms with Crippen molar-refractivity contribution in [3.8, 4) is 0 Å². The third-order valence-electron chi connectivity index (χ3n) is 3.58. The summed E-state index contributed by atoms with van der Waals surface area (Å²) in [5.41, 5.74) is 8.14. The van der Waals surface area contributed by atoms with Crippen molar-refractivity contribution in [3.63, 3.8) is 0 Å². The van der Waals surface area contributed by atoms with Gasteiger partial charge in [0.05, 0.1) is 5.69 Å². The lowest BCUT2D eigenvalue weighted by Crippen LogP contribution is -2.44. The Morgan fingerprint density at radius 3 is 2.80 bits per heavy atom. The molecule has 0 unspecified atom stereocenters. The van der Waals surface area contributed by atoms with Crippen LogP contribution in [0.4, 0.5) is 11.5 Å². The zero-order chi connectivity index (χ0) is 10.9. The van der Waals surface area contributed by atoms with Gasteiger partial charge in [-0.1, -0.05) is 6.92 Å². The topological polar surface area (TPSA) is 50.9 Å². The normalized spacial score (nSPS) is 18.3. The van der Waals surface area contributed by atoms with Crippen LogP contribution in [0.5, 0.6) is 0 Å². The van der Waals surface area contributed by atoms with Gasteiger partial charge in [0.15, 0.2) is 0 Å². The molecule has 2 rings (SSSR count). The molecule has 1 fully saturated rings. The maximum absolute atomic E-state index is 6.00. The van der Waals surface area contributed by atoms with E-state index in [9.17, 15) is 0 Å². The van der Waals surface area contributed by atoms with Gasteiger partial charge >= 0.3 is 0 Å². The second-order valence-corrected chi connectivity index (χ2v) is 4.50. The first-order chi connectivity index (χ1) is 7.17. The van der Waals surface area contributed by atoms with Gasteiger partial charge < -0.3 is 11.1 Å². The van der Waals surface area contributed by atoms with Crippen LogP contribution in [0.3, 0.4) is 0 Å². The van der Waals surface area contributed by atoms with E-state index in [0.717, 1.165) is 23.5 Å². The van der Waals surface area contributed by atoms with Crippen LogP contribution in [0.2, 0.25) is 0 Å². The van der Waals surface area contributed by atoms with Gasteiger partial charge in [-0.2, -0.15) is 0 Å². The summed E-state index contributed by atoms with van der Waals surface area (Å²) in [5.74, 6) is 0.858. The summed E-state index contributed by atoms with van der Waals surface area (Å²) in [7, 11) is 0. The molecule has 1 aromatic rings. The molecule has 3 nitrogen and oxygen atoms in total. The van der Waals surface area contributed by atoms with Gasteiger partial charge in [0.25, 0.3) is 0 Å². The molecule has 0 bridgehead atoms. The lowest BCUT2D eigenvalue weighted by atomic mass is 9.75. The molecule has 0 atom stereocenters. The van der Waals surface area contributed by atoms with E-state index >= 15 is 0 Å². The van der Waals surface area contributed by atoms with Crippen LogP contribution in [0.1, 0.15) is 38.2 Å². The molecule has 3 N–H and O–H groups in total. The lowest BCUT2D eigenvalue weighted by Gasteiger charge is -2.42. The molecule has 1 aliphatic carbocycles. The minimum Gasteiger partial charge on any atom is -0.396 e. The van der Waals surface area contributed by atoms with Crippen LogP contribution >= 0.6 is 0 Å². The highest BCUT2D eigenvalue weighted by molar-refractivity contribution is 5.66. The Balaban J connectivity index is 2.20. The molecule has 1 aromatic heterocycles. The Kier molecular flexibility index (Phi) is 2.55. The van der Waals surface area contributed by atoms with Crippen molar-refractivity contribution >= 4 is 11.5 Å². The van der Waals surface area contributed by atoms with E-state index in [2.05, 4.69) is 17.2 Å². The Morgan fingerprint density at radius 1 is 1.53 bits per heavy atom. The van der Waals surface area contributed by atoms with Crippen LogP contribution in [-0.2, 0) is 0 Å². The minimum atomic E-state index is 0.259. The summed E-state index contributed by atoms with van der Waals surface area (Å²) in [6, 6.07) is 1.94. The van der Waals surface area contributed by atoms with Crippen LogP contribution in [0.25, 0.3) is 0 Å². The number of aromatic nitrogens is 1. The van der Waals surface area contributed by atoms with Crippen molar-refractivity contribution in [1.82, 2.24) is 4.98 Å². The summed E-state index contributed by atoms with van der Waals surface area (Å²) in [5, 5.41) is 3.51. The Hall–Kier alpha value is -1.25. The Bertz CT molecular complexity index is 350. The number of anilines is 2. The van der Waals surface area contributed by atoms with Crippen molar-refractivity contribution in [2.24, 2.45) is 0 Å². The monoisotopic (exact) mass is 205 g/mol. The molecule has 1 aliphatic rings. The van der Waals surface area contributed by atoms with Gasteiger partial charge in [0, 0.05) is 11.7 Å². The largest absolute Gasteiger partial charge is 0.396 e. The molecule has 1 heterocycles. The molecule has 0 aromatic carbocycles. The molecule has 0 aliphatic heterocycles. The highest BCUT2D eigenvalue weighted by Gasteiger charge is 2.35. The average molecular weight is 205 g/mol. The zero-order valence-corrected chi connectivity index (χ0v) is 9.51. The van der Waals surface area contributed by atoms with Crippen LogP contribution < -0.4 is 11.1 Å². The third kappa shape index (κ3) is 1.78. The van der Waals surface area contributed by atoms with Crippen molar-refractivity contribution < 1.29 is 0 Å². The molecule has 15 heavy (non-hydrogen) atoms. The van der Waals surface area contributed by atoms with E-state index < -0.39 is 0 Å². The van der Waals surface area contributed by atoms with Crippen molar-refractivity contribution in [3.05, 3.63) is 17.8 Å². The molecular weight excluding hydrogens is 186 g/mol. The molecular formula is C12H19N3. The van der Waals surface area contributed by atoms with Gasteiger partial charge in [0.1, 0.15) is 5.82 Å². The first-order valence-electron chi connectivity index (χ1n) is 5.66. The fourth-order valence-corrected chi connectivity index (χ4v) is 2.09.